The topological polar surface area (TPSA) is 17.1 Å². The summed E-state index contributed by atoms with van der Waals surface area (Å²) in [5, 5.41) is 0. The van der Waals surface area contributed by atoms with Crippen LogP contribution in [0.4, 0.5) is 13.2 Å². The predicted molar refractivity (Wildman–Crippen MR) is 78.2 cm³/mol. The Balaban J connectivity index is 2.07. The molecule has 1 nitrogen and oxygen atoms in total. The maximum absolute atomic E-state index is 12.6. The number of ketones is 1. The lowest BCUT2D eigenvalue weighted by Gasteiger charge is -2.08. The minimum atomic E-state index is -4.43. The van der Waals surface area contributed by atoms with Gasteiger partial charge in [-0.25, -0.2) is 0 Å². The molecule has 0 aliphatic carbocycles. The van der Waals surface area contributed by atoms with E-state index in [0.29, 0.717) is 6.42 Å². The summed E-state index contributed by atoms with van der Waals surface area (Å²) in [4.78, 5) is 12.0. The van der Waals surface area contributed by atoms with Gasteiger partial charge in [-0.1, -0.05) is 40.2 Å². The van der Waals surface area contributed by atoms with Crippen molar-refractivity contribution < 1.29 is 18.0 Å². The lowest BCUT2D eigenvalue weighted by Crippen LogP contribution is -2.08. The summed E-state index contributed by atoms with van der Waals surface area (Å²) < 4.78 is 38.7. The number of carbonyl (C=O) groups is 1. The Morgan fingerprint density at radius 1 is 1.05 bits per heavy atom. The van der Waals surface area contributed by atoms with Crippen molar-refractivity contribution in [2.45, 2.75) is 19.0 Å². The average molecular weight is 357 g/mol. The zero-order chi connectivity index (χ0) is 15.5. The number of halogens is 4. The molecule has 0 aromatic heterocycles. The molecule has 0 N–H and O–H groups in total. The van der Waals surface area contributed by atoms with E-state index in [4.69, 9.17) is 0 Å². The van der Waals surface area contributed by atoms with E-state index in [-0.39, 0.29) is 17.8 Å². The van der Waals surface area contributed by atoms with Crippen LogP contribution in [0, 0.1) is 0 Å². The molecule has 0 fully saturated rings. The van der Waals surface area contributed by atoms with Gasteiger partial charge in [0.05, 0.1) is 5.56 Å². The second-order valence-corrected chi connectivity index (χ2v) is 5.55. The Bertz CT molecular complexity index is 650. The fourth-order valence-electron chi connectivity index (χ4n) is 1.96. The lowest BCUT2D eigenvalue weighted by atomic mass is 10.0. The number of hydrogen-bond donors (Lipinski definition) is 0. The summed E-state index contributed by atoms with van der Waals surface area (Å²) in [5.74, 6) is -0.291. The third-order valence-corrected chi connectivity index (χ3v) is 3.53. The van der Waals surface area contributed by atoms with Gasteiger partial charge in [-0.15, -0.1) is 0 Å². The van der Waals surface area contributed by atoms with Gasteiger partial charge in [0.1, 0.15) is 0 Å². The van der Waals surface area contributed by atoms with Crippen molar-refractivity contribution in [2.75, 3.05) is 0 Å². The maximum atomic E-state index is 12.6. The van der Waals surface area contributed by atoms with E-state index in [0.717, 1.165) is 22.2 Å². The van der Waals surface area contributed by atoms with Gasteiger partial charge >= 0.3 is 6.18 Å². The van der Waals surface area contributed by atoms with Crippen LogP contribution in [0.2, 0.25) is 0 Å². The van der Waals surface area contributed by atoms with Crippen molar-refractivity contribution in [3.05, 3.63) is 69.7 Å². The molecule has 0 unspecified atom stereocenters. The molecular weight excluding hydrogens is 345 g/mol. The van der Waals surface area contributed by atoms with Crippen LogP contribution in [0.1, 0.15) is 27.9 Å². The first-order valence-corrected chi connectivity index (χ1v) is 7.10. The first-order valence-electron chi connectivity index (χ1n) is 6.31. The number of rotatable bonds is 4. The predicted octanol–water partition coefficient (Wildman–Crippen LogP) is 5.28. The molecule has 2 rings (SSSR count). The Hall–Kier alpha value is -1.62. The number of Topliss-reactive ketones (excluding diaryl/α,β-unsaturated/α-hetero) is 1. The van der Waals surface area contributed by atoms with Gasteiger partial charge in [-0.2, -0.15) is 13.2 Å². The molecule has 110 valence electrons. The van der Waals surface area contributed by atoms with Gasteiger partial charge in [-0.05, 0) is 36.2 Å². The molecule has 0 aliphatic rings. The summed E-state index contributed by atoms with van der Waals surface area (Å²) in [6, 6.07) is 12.0. The van der Waals surface area contributed by atoms with Crippen molar-refractivity contribution in [3.63, 3.8) is 0 Å². The first kappa shape index (κ1) is 15.8. The van der Waals surface area contributed by atoms with Crippen molar-refractivity contribution in [1.29, 1.82) is 0 Å². The third kappa shape index (κ3) is 4.43. The zero-order valence-electron chi connectivity index (χ0n) is 11.0. The van der Waals surface area contributed by atoms with E-state index in [1.54, 1.807) is 0 Å². The molecule has 0 saturated carbocycles. The van der Waals surface area contributed by atoms with Crippen LogP contribution < -0.4 is 0 Å². The van der Waals surface area contributed by atoms with E-state index in [1.165, 1.54) is 12.1 Å². The highest BCUT2D eigenvalue weighted by Gasteiger charge is 2.30. The zero-order valence-corrected chi connectivity index (χ0v) is 12.5. The fraction of sp³-hybridized carbons (Fsp3) is 0.188. The average Bonchev–Trinajstić information content (AvgIpc) is 2.44. The number of hydrogen-bond acceptors (Lipinski definition) is 1. The van der Waals surface area contributed by atoms with E-state index >= 15 is 0 Å². The van der Waals surface area contributed by atoms with Crippen LogP contribution in [0.15, 0.2) is 53.0 Å². The molecule has 0 atom stereocenters. The van der Waals surface area contributed by atoms with Crippen molar-refractivity contribution in [2.24, 2.45) is 0 Å². The van der Waals surface area contributed by atoms with E-state index in [1.807, 2.05) is 24.3 Å². The third-order valence-electron chi connectivity index (χ3n) is 3.04. The largest absolute Gasteiger partial charge is 0.416 e. The second-order valence-electron chi connectivity index (χ2n) is 4.63. The lowest BCUT2D eigenvalue weighted by molar-refractivity contribution is -0.137. The summed E-state index contributed by atoms with van der Waals surface area (Å²) in [6.07, 6.45) is -3.76. The summed E-state index contributed by atoms with van der Waals surface area (Å²) in [7, 11) is 0. The maximum Gasteiger partial charge on any atom is 0.416 e. The highest BCUT2D eigenvalue weighted by molar-refractivity contribution is 9.10. The molecule has 21 heavy (non-hydrogen) atoms. The number of aryl methyl sites for hydroxylation is 1. The number of carbonyl (C=O) groups excluding carboxylic acids is 1. The molecule has 5 heteroatoms. The minimum absolute atomic E-state index is 0.0971. The monoisotopic (exact) mass is 356 g/mol. The van der Waals surface area contributed by atoms with Crippen molar-refractivity contribution in [3.8, 4) is 0 Å². The summed E-state index contributed by atoms with van der Waals surface area (Å²) >= 11 is 3.34. The van der Waals surface area contributed by atoms with Gasteiger partial charge < -0.3 is 0 Å². The Morgan fingerprint density at radius 3 is 2.43 bits per heavy atom. The molecule has 0 radical (unpaired) electrons. The SMILES string of the molecule is O=C(CCc1cccc(Br)c1)c1cccc(C(F)(F)F)c1. The molecule has 0 bridgehead atoms. The molecule has 2 aromatic rings. The van der Waals surface area contributed by atoms with Crippen LogP contribution in [-0.4, -0.2) is 5.78 Å². The number of alkyl halides is 3. The van der Waals surface area contributed by atoms with E-state index < -0.39 is 11.7 Å². The number of benzene rings is 2. The van der Waals surface area contributed by atoms with Crippen LogP contribution in [-0.2, 0) is 12.6 Å². The Labute approximate surface area is 128 Å². The Morgan fingerprint density at radius 2 is 1.76 bits per heavy atom. The van der Waals surface area contributed by atoms with Gasteiger partial charge in [0.15, 0.2) is 5.78 Å². The van der Waals surface area contributed by atoms with Crippen molar-refractivity contribution >= 4 is 21.7 Å². The molecule has 0 heterocycles. The highest BCUT2D eigenvalue weighted by Crippen LogP contribution is 2.29. The fourth-order valence-corrected chi connectivity index (χ4v) is 2.41. The van der Waals surface area contributed by atoms with Crippen LogP contribution in [0.3, 0.4) is 0 Å². The van der Waals surface area contributed by atoms with Gasteiger partial charge in [-0.3, -0.25) is 4.79 Å². The van der Waals surface area contributed by atoms with Crippen LogP contribution in [0.5, 0.6) is 0 Å². The van der Waals surface area contributed by atoms with Gasteiger partial charge in [0.2, 0.25) is 0 Å². The summed E-state index contributed by atoms with van der Waals surface area (Å²) in [6.45, 7) is 0. The Kier molecular flexibility index (Phi) is 4.83. The second kappa shape index (κ2) is 6.43. The van der Waals surface area contributed by atoms with Gasteiger partial charge in [0.25, 0.3) is 0 Å². The normalized spacial score (nSPS) is 11.4. The quantitative estimate of drug-likeness (QED) is 0.680. The standard InChI is InChI=1S/C16H12BrF3O/c17-14-6-1-3-11(9-14)7-8-15(21)12-4-2-5-13(10-12)16(18,19)20/h1-6,9-10H,7-8H2. The van der Waals surface area contributed by atoms with E-state index in [2.05, 4.69) is 15.9 Å². The van der Waals surface area contributed by atoms with Crippen LogP contribution >= 0.6 is 15.9 Å². The molecule has 0 spiro atoms. The smallest absolute Gasteiger partial charge is 0.294 e. The van der Waals surface area contributed by atoms with Crippen molar-refractivity contribution in [1.82, 2.24) is 0 Å². The molecule has 2 aromatic carbocycles. The molecule has 0 saturated heterocycles. The first-order chi connectivity index (χ1) is 9.86. The van der Waals surface area contributed by atoms with Gasteiger partial charge in [0, 0.05) is 16.5 Å². The molecule has 0 amide bonds. The van der Waals surface area contributed by atoms with Crippen LogP contribution in [0.25, 0.3) is 0 Å². The highest BCUT2D eigenvalue weighted by atomic mass is 79.9. The molecular formula is C16H12BrF3O. The minimum Gasteiger partial charge on any atom is -0.294 e. The summed E-state index contributed by atoms with van der Waals surface area (Å²) in [5.41, 5.74) is 0.264. The molecule has 0 aliphatic heterocycles. The van der Waals surface area contributed by atoms with E-state index in [9.17, 15) is 18.0 Å².